The van der Waals surface area contributed by atoms with E-state index in [0.29, 0.717) is 28.8 Å². The molecule has 5 nitrogen and oxygen atoms in total. The molecule has 0 bridgehead atoms. The van der Waals surface area contributed by atoms with Crippen LogP contribution in [0, 0.1) is 0 Å². The van der Waals surface area contributed by atoms with Gasteiger partial charge in [-0.15, -0.1) is 0 Å². The first-order valence-corrected chi connectivity index (χ1v) is 6.31. The van der Waals surface area contributed by atoms with E-state index in [2.05, 4.69) is 4.98 Å². The first-order valence-electron chi connectivity index (χ1n) is 5.93. The van der Waals surface area contributed by atoms with Crippen molar-refractivity contribution < 1.29 is 14.2 Å². The standard InChI is InChI=1S/C14H15ClN2O3/c1-18-10-4-3-5-11(19-2)13(10)20-14-12(15)9(8-16)6-7-17-14/h3-7H,8,16H2,1-2H3. The zero-order valence-corrected chi connectivity index (χ0v) is 12.0. The van der Waals surface area contributed by atoms with Crippen LogP contribution in [0.4, 0.5) is 0 Å². The molecular formula is C14H15ClN2O3. The van der Waals surface area contributed by atoms with Gasteiger partial charge in [-0.2, -0.15) is 0 Å². The van der Waals surface area contributed by atoms with Crippen molar-refractivity contribution in [3.63, 3.8) is 0 Å². The molecule has 1 aromatic heterocycles. The molecule has 2 rings (SSSR count). The fraction of sp³-hybridized carbons (Fsp3) is 0.214. The molecule has 1 heterocycles. The van der Waals surface area contributed by atoms with Gasteiger partial charge in [0.1, 0.15) is 5.02 Å². The summed E-state index contributed by atoms with van der Waals surface area (Å²) in [6.45, 7) is 0.306. The Bertz CT molecular complexity index is 583. The summed E-state index contributed by atoms with van der Waals surface area (Å²) in [5.41, 5.74) is 6.36. The molecule has 20 heavy (non-hydrogen) atoms. The highest BCUT2D eigenvalue weighted by molar-refractivity contribution is 6.32. The predicted octanol–water partition coefficient (Wildman–Crippen LogP) is 3.00. The predicted molar refractivity (Wildman–Crippen MR) is 76.8 cm³/mol. The van der Waals surface area contributed by atoms with Crippen molar-refractivity contribution in [3.05, 3.63) is 41.0 Å². The van der Waals surface area contributed by atoms with Crippen LogP contribution in [0.15, 0.2) is 30.5 Å². The number of rotatable bonds is 5. The molecule has 0 aliphatic carbocycles. The number of benzene rings is 1. The molecule has 0 unspecified atom stereocenters. The highest BCUT2D eigenvalue weighted by atomic mass is 35.5. The number of nitrogens with two attached hydrogens (primary N) is 1. The molecule has 1 aromatic carbocycles. The third-order valence-electron chi connectivity index (χ3n) is 2.74. The minimum atomic E-state index is 0.261. The normalized spacial score (nSPS) is 10.2. The maximum atomic E-state index is 6.20. The second-order valence-electron chi connectivity index (χ2n) is 3.89. The fourth-order valence-electron chi connectivity index (χ4n) is 1.71. The highest BCUT2D eigenvalue weighted by Crippen LogP contribution is 2.41. The molecule has 6 heteroatoms. The van der Waals surface area contributed by atoms with Gasteiger partial charge in [-0.3, -0.25) is 0 Å². The van der Waals surface area contributed by atoms with Crippen molar-refractivity contribution in [1.82, 2.24) is 4.98 Å². The van der Waals surface area contributed by atoms with Gasteiger partial charge in [-0.05, 0) is 23.8 Å². The largest absolute Gasteiger partial charge is 0.493 e. The Hall–Kier alpha value is -1.98. The number of para-hydroxylation sites is 1. The van der Waals surface area contributed by atoms with Gasteiger partial charge >= 0.3 is 0 Å². The van der Waals surface area contributed by atoms with E-state index in [1.807, 2.05) is 0 Å². The molecule has 0 saturated carbocycles. The van der Waals surface area contributed by atoms with Gasteiger partial charge < -0.3 is 19.9 Å². The highest BCUT2D eigenvalue weighted by Gasteiger charge is 2.16. The van der Waals surface area contributed by atoms with Gasteiger partial charge in [0.15, 0.2) is 11.5 Å². The average molecular weight is 295 g/mol. The van der Waals surface area contributed by atoms with Gasteiger partial charge in [0.25, 0.3) is 0 Å². The van der Waals surface area contributed by atoms with Crippen LogP contribution in [-0.2, 0) is 6.54 Å². The summed E-state index contributed by atoms with van der Waals surface area (Å²) in [6, 6.07) is 7.07. The zero-order chi connectivity index (χ0) is 14.5. The van der Waals surface area contributed by atoms with E-state index in [1.165, 1.54) is 0 Å². The van der Waals surface area contributed by atoms with Crippen molar-refractivity contribution >= 4 is 11.6 Å². The van der Waals surface area contributed by atoms with E-state index in [0.717, 1.165) is 5.56 Å². The van der Waals surface area contributed by atoms with Gasteiger partial charge in [0, 0.05) is 12.7 Å². The lowest BCUT2D eigenvalue weighted by Crippen LogP contribution is -2.01. The maximum absolute atomic E-state index is 6.20. The second kappa shape index (κ2) is 6.45. The molecule has 0 fully saturated rings. The maximum Gasteiger partial charge on any atom is 0.238 e. The van der Waals surface area contributed by atoms with Crippen LogP contribution in [0.3, 0.4) is 0 Å². The first-order chi connectivity index (χ1) is 9.71. The molecule has 106 valence electrons. The zero-order valence-electron chi connectivity index (χ0n) is 11.2. The summed E-state index contributed by atoms with van der Waals surface area (Å²) in [7, 11) is 3.10. The van der Waals surface area contributed by atoms with Crippen molar-refractivity contribution in [1.29, 1.82) is 0 Å². The van der Waals surface area contributed by atoms with Crippen LogP contribution < -0.4 is 19.9 Å². The number of halogens is 1. The number of hydrogen-bond acceptors (Lipinski definition) is 5. The Labute approximate surface area is 122 Å². The summed E-state index contributed by atoms with van der Waals surface area (Å²) >= 11 is 6.20. The average Bonchev–Trinajstić information content (AvgIpc) is 2.49. The van der Waals surface area contributed by atoms with Crippen molar-refractivity contribution in [2.24, 2.45) is 5.73 Å². The summed E-state index contributed by atoms with van der Waals surface area (Å²) in [4.78, 5) is 4.11. The molecule has 0 atom stereocenters. The topological polar surface area (TPSA) is 66.6 Å². The fourth-order valence-corrected chi connectivity index (χ4v) is 1.93. The number of nitrogens with zero attached hydrogens (tertiary/aromatic N) is 1. The molecule has 0 radical (unpaired) electrons. The number of pyridine rings is 1. The number of methoxy groups -OCH3 is 2. The van der Waals surface area contributed by atoms with E-state index in [4.69, 9.17) is 31.5 Å². The Morgan fingerprint density at radius 1 is 1.15 bits per heavy atom. The molecule has 2 aromatic rings. The van der Waals surface area contributed by atoms with E-state index in [1.54, 1.807) is 44.7 Å². The lowest BCUT2D eigenvalue weighted by molar-refractivity contribution is 0.342. The SMILES string of the molecule is COc1cccc(OC)c1Oc1nccc(CN)c1Cl. The Kier molecular flexibility index (Phi) is 4.65. The van der Waals surface area contributed by atoms with Gasteiger partial charge in [0.05, 0.1) is 14.2 Å². The Morgan fingerprint density at radius 3 is 2.35 bits per heavy atom. The van der Waals surface area contributed by atoms with Gasteiger partial charge in [0.2, 0.25) is 11.6 Å². The summed E-state index contributed by atoms with van der Waals surface area (Å²) < 4.78 is 16.3. The smallest absolute Gasteiger partial charge is 0.238 e. The van der Waals surface area contributed by atoms with Crippen LogP contribution >= 0.6 is 11.6 Å². The molecular weight excluding hydrogens is 280 g/mol. The van der Waals surface area contributed by atoms with Gasteiger partial charge in [-0.1, -0.05) is 17.7 Å². The number of ether oxygens (including phenoxy) is 3. The van der Waals surface area contributed by atoms with Crippen molar-refractivity contribution in [3.8, 4) is 23.1 Å². The van der Waals surface area contributed by atoms with Crippen LogP contribution in [0.1, 0.15) is 5.56 Å². The number of aromatic nitrogens is 1. The minimum Gasteiger partial charge on any atom is -0.493 e. The Morgan fingerprint density at radius 2 is 1.80 bits per heavy atom. The second-order valence-corrected chi connectivity index (χ2v) is 4.27. The third-order valence-corrected chi connectivity index (χ3v) is 3.14. The molecule has 0 amide bonds. The first kappa shape index (κ1) is 14.4. The lowest BCUT2D eigenvalue weighted by Gasteiger charge is -2.14. The monoisotopic (exact) mass is 294 g/mol. The van der Waals surface area contributed by atoms with Crippen LogP contribution in [0.5, 0.6) is 23.1 Å². The van der Waals surface area contributed by atoms with Crippen LogP contribution in [0.2, 0.25) is 5.02 Å². The van der Waals surface area contributed by atoms with E-state index >= 15 is 0 Å². The third kappa shape index (κ3) is 2.79. The Balaban J connectivity index is 2.44. The molecule has 0 aliphatic rings. The quantitative estimate of drug-likeness (QED) is 0.918. The lowest BCUT2D eigenvalue weighted by atomic mass is 10.2. The summed E-state index contributed by atoms with van der Waals surface area (Å²) in [5, 5.41) is 0.378. The summed E-state index contributed by atoms with van der Waals surface area (Å²) in [6.07, 6.45) is 1.59. The summed E-state index contributed by atoms with van der Waals surface area (Å²) in [5.74, 6) is 1.74. The van der Waals surface area contributed by atoms with Crippen LogP contribution in [0.25, 0.3) is 0 Å². The minimum absolute atomic E-state index is 0.261. The molecule has 2 N–H and O–H groups in total. The van der Waals surface area contributed by atoms with E-state index in [9.17, 15) is 0 Å². The van der Waals surface area contributed by atoms with Gasteiger partial charge in [-0.25, -0.2) is 4.98 Å². The molecule has 0 aliphatic heterocycles. The van der Waals surface area contributed by atoms with Crippen molar-refractivity contribution in [2.45, 2.75) is 6.54 Å². The van der Waals surface area contributed by atoms with E-state index in [-0.39, 0.29) is 5.88 Å². The molecule has 0 saturated heterocycles. The molecule has 0 spiro atoms. The van der Waals surface area contributed by atoms with Crippen LogP contribution in [-0.4, -0.2) is 19.2 Å². The van der Waals surface area contributed by atoms with E-state index < -0.39 is 0 Å². The number of hydrogen-bond donors (Lipinski definition) is 1. The van der Waals surface area contributed by atoms with Crippen molar-refractivity contribution in [2.75, 3.05) is 14.2 Å².